The zero-order chi connectivity index (χ0) is 12.5. The summed E-state index contributed by atoms with van der Waals surface area (Å²) in [7, 11) is 0. The van der Waals surface area contributed by atoms with E-state index >= 15 is 0 Å². The van der Waals surface area contributed by atoms with Crippen LogP contribution in [0.15, 0.2) is 12.1 Å². The van der Waals surface area contributed by atoms with Gasteiger partial charge in [0.25, 0.3) is 0 Å². The van der Waals surface area contributed by atoms with Gasteiger partial charge in [0.2, 0.25) is 0 Å². The smallest absolute Gasteiger partial charge is 0.123 e. The highest BCUT2D eigenvalue weighted by Crippen LogP contribution is 2.30. The van der Waals surface area contributed by atoms with Crippen molar-refractivity contribution in [3.05, 3.63) is 22.8 Å². The van der Waals surface area contributed by atoms with E-state index in [0.717, 1.165) is 25.3 Å². The molecule has 4 heteroatoms. The fourth-order valence-electron chi connectivity index (χ4n) is 2.14. The van der Waals surface area contributed by atoms with Crippen molar-refractivity contribution in [1.29, 1.82) is 0 Å². The molecule has 0 aliphatic carbocycles. The zero-order valence-electron chi connectivity index (χ0n) is 10.5. The highest BCUT2D eigenvalue weighted by atomic mass is 35.5. The van der Waals surface area contributed by atoms with E-state index in [-0.39, 0.29) is 0 Å². The van der Waals surface area contributed by atoms with Crippen LogP contribution in [-0.4, -0.2) is 23.0 Å². The lowest BCUT2D eigenvalue weighted by Gasteiger charge is -2.36. The zero-order valence-corrected chi connectivity index (χ0v) is 11.3. The van der Waals surface area contributed by atoms with Gasteiger partial charge in [-0.1, -0.05) is 25.4 Å². The molecule has 2 heterocycles. The van der Waals surface area contributed by atoms with E-state index in [1.54, 1.807) is 6.07 Å². The van der Waals surface area contributed by atoms with Crippen LogP contribution in [0.1, 0.15) is 32.4 Å². The molecule has 1 fully saturated rings. The minimum atomic E-state index is 0.476. The highest BCUT2D eigenvalue weighted by Gasteiger charge is 2.25. The van der Waals surface area contributed by atoms with Gasteiger partial charge in [0.05, 0.1) is 10.7 Å². The first-order valence-electron chi connectivity index (χ1n) is 6.09. The summed E-state index contributed by atoms with van der Waals surface area (Å²) in [5.41, 5.74) is 7.06. The maximum absolute atomic E-state index is 6.13. The van der Waals surface area contributed by atoms with Gasteiger partial charge < -0.3 is 5.73 Å². The highest BCUT2D eigenvalue weighted by molar-refractivity contribution is 6.31. The number of rotatable bonds is 2. The van der Waals surface area contributed by atoms with Crippen LogP contribution in [-0.2, 0) is 6.54 Å². The second-order valence-corrected chi connectivity index (χ2v) is 6.01. The molecule has 0 saturated carbocycles. The molecule has 0 radical (unpaired) electrons. The van der Waals surface area contributed by atoms with Crippen molar-refractivity contribution in [3.8, 4) is 0 Å². The Morgan fingerprint density at radius 3 is 2.65 bits per heavy atom. The van der Waals surface area contributed by atoms with Crippen LogP contribution in [0, 0.1) is 5.41 Å². The maximum atomic E-state index is 6.13. The van der Waals surface area contributed by atoms with Crippen LogP contribution < -0.4 is 5.73 Å². The number of anilines is 1. The number of piperidine rings is 1. The summed E-state index contributed by atoms with van der Waals surface area (Å²) in [6.45, 7) is 7.69. The number of aromatic nitrogens is 1. The van der Waals surface area contributed by atoms with E-state index in [2.05, 4.69) is 23.7 Å². The standard InChI is InChI=1S/C13H20ClN3/c1-13(2)5-7-17(8-6-13)9-11-10(14)3-4-12(15)16-11/h3-4H,5-9H2,1-2H3,(H2,15,16). The molecule has 0 atom stereocenters. The number of hydrogen-bond acceptors (Lipinski definition) is 3. The lowest BCUT2D eigenvalue weighted by atomic mass is 9.83. The topological polar surface area (TPSA) is 42.2 Å². The normalized spacial score (nSPS) is 20.4. The Labute approximate surface area is 108 Å². The lowest BCUT2D eigenvalue weighted by Crippen LogP contribution is -2.37. The monoisotopic (exact) mass is 253 g/mol. The van der Waals surface area contributed by atoms with Crippen molar-refractivity contribution < 1.29 is 0 Å². The average molecular weight is 254 g/mol. The van der Waals surface area contributed by atoms with E-state index in [4.69, 9.17) is 17.3 Å². The average Bonchev–Trinajstić information content (AvgIpc) is 2.26. The molecule has 1 aliphatic heterocycles. The largest absolute Gasteiger partial charge is 0.384 e. The number of pyridine rings is 1. The van der Waals surface area contributed by atoms with E-state index < -0.39 is 0 Å². The maximum Gasteiger partial charge on any atom is 0.123 e. The molecule has 94 valence electrons. The number of hydrogen-bond donors (Lipinski definition) is 1. The van der Waals surface area contributed by atoms with Crippen molar-refractivity contribution >= 4 is 17.4 Å². The Bertz CT molecular complexity index is 394. The van der Waals surface area contributed by atoms with Crippen LogP contribution in [0.5, 0.6) is 0 Å². The number of nitrogens with zero attached hydrogens (tertiary/aromatic N) is 2. The second kappa shape index (κ2) is 4.83. The molecule has 0 aromatic carbocycles. The molecule has 2 rings (SSSR count). The van der Waals surface area contributed by atoms with E-state index in [0.29, 0.717) is 16.3 Å². The van der Waals surface area contributed by atoms with Gasteiger partial charge in [-0.3, -0.25) is 4.90 Å². The second-order valence-electron chi connectivity index (χ2n) is 5.60. The van der Waals surface area contributed by atoms with E-state index in [1.807, 2.05) is 6.07 Å². The third-order valence-corrected chi connectivity index (χ3v) is 3.87. The summed E-state index contributed by atoms with van der Waals surface area (Å²) in [5.74, 6) is 0.543. The Balaban J connectivity index is 2.00. The van der Waals surface area contributed by atoms with Gasteiger partial charge in [-0.15, -0.1) is 0 Å². The fourth-order valence-corrected chi connectivity index (χ4v) is 2.31. The van der Waals surface area contributed by atoms with Gasteiger partial charge >= 0.3 is 0 Å². The molecular weight excluding hydrogens is 234 g/mol. The van der Waals surface area contributed by atoms with Gasteiger partial charge in [-0.25, -0.2) is 4.98 Å². The molecule has 1 aromatic heterocycles. The Hall–Kier alpha value is -0.800. The molecule has 0 amide bonds. The summed E-state index contributed by atoms with van der Waals surface area (Å²) < 4.78 is 0. The molecule has 17 heavy (non-hydrogen) atoms. The number of likely N-dealkylation sites (tertiary alicyclic amines) is 1. The van der Waals surface area contributed by atoms with Gasteiger partial charge in [0.1, 0.15) is 5.82 Å². The number of nitrogens with two attached hydrogens (primary N) is 1. The fraction of sp³-hybridized carbons (Fsp3) is 0.615. The summed E-state index contributed by atoms with van der Waals surface area (Å²) in [6.07, 6.45) is 2.46. The third-order valence-electron chi connectivity index (χ3n) is 3.52. The molecule has 0 unspecified atom stereocenters. The molecule has 0 spiro atoms. The van der Waals surface area contributed by atoms with Crippen LogP contribution in [0.4, 0.5) is 5.82 Å². The predicted octanol–water partition coefficient (Wildman–Crippen LogP) is 2.94. The first kappa shape index (κ1) is 12.7. The molecular formula is C13H20ClN3. The van der Waals surface area contributed by atoms with Crippen LogP contribution in [0.2, 0.25) is 5.02 Å². The van der Waals surface area contributed by atoms with Crippen molar-refractivity contribution in [2.45, 2.75) is 33.2 Å². The Morgan fingerprint density at radius 1 is 1.35 bits per heavy atom. The first-order chi connectivity index (χ1) is 7.96. The summed E-state index contributed by atoms with van der Waals surface area (Å²) in [4.78, 5) is 6.71. The van der Waals surface area contributed by atoms with Gasteiger partial charge in [-0.05, 0) is 43.5 Å². The number of nitrogen functional groups attached to an aromatic ring is 1. The predicted molar refractivity (Wildman–Crippen MR) is 72.0 cm³/mol. The molecule has 2 N–H and O–H groups in total. The summed E-state index contributed by atoms with van der Waals surface area (Å²) >= 11 is 6.13. The summed E-state index contributed by atoms with van der Waals surface area (Å²) in [6, 6.07) is 3.57. The molecule has 3 nitrogen and oxygen atoms in total. The SMILES string of the molecule is CC1(C)CCN(Cc2nc(N)ccc2Cl)CC1. The van der Waals surface area contributed by atoms with Crippen molar-refractivity contribution in [2.75, 3.05) is 18.8 Å². The minimum Gasteiger partial charge on any atom is -0.384 e. The van der Waals surface area contributed by atoms with Gasteiger partial charge in [-0.2, -0.15) is 0 Å². The van der Waals surface area contributed by atoms with Gasteiger partial charge in [0.15, 0.2) is 0 Å². The minimum absolute atomic E-state index is 0.476. The van der Waals surface area contributed by atoms with Crippen LogP contribution >= 0.6 is 11.6 Å². The van der Waals surface area contributed by atoms with Crippen LogP contribution in [0.3, 0.4) is 0 Å². The molecule has 1 aliphatic rings. The van der Waals surface area contributed by atoms with E-state index in [9.17, 15) is 0 Å². The number of halogens is 1. The van der Waals surface area contributed by atoms with Crippen molar-refractivity contribution in [2.24, 2.45) is 5.41 Å². The van der Waals surface area contributed by atoms with Crippen molar-refractivity contribution in [1.82, 2.24) is 9.88 Å². The Morgan fingerprint density at radius 2 is 2.00 bits per heavy atom. The third kappa shape index (κ3) is 3.33. The van der Waals surface area contributed by atoms with Crippen LogP contribution in [0.25, 0.3) is 0 Å². The lowest BCUT2D eigenvalue weighted by molar-refractivity contribution is 0.126. The first-order valence-corrected chi connectivity index (χ1v) is 6.47. The quantitative estimate of drug-likeness (QED) is 0.881. The molecule has 1 aromatic rings. The molecule has 1 saturated heterocycles. The Kier molecular flexibility index (Phi) is 3.59. The van der Waals surface area contributed by atoms with E-state index in [1.165, 1.54) is 12.8 Å². The van der Waals surface area contributed by atoms with Gasteiger partial charge in [0, 0.05) is 6.54 Å². The van der Waals surface area contributed by atoms with Crippen molar-refractivity contribution in [3.63, 3.8) is 0 Å². The molecule has 0 bridgehead atoms. The summed E-state index contributed by atoms with van der Waals surface area (Å²) in [5, 5.41) is 0.712.